The van der Waals surface area contributed by atoms with Crippen LogP contribution in [0.1, 0.15) is 19.0 Å². The maximum atomic E-state index is 11.2. The predicted molar refractivity (Wildman–Crippen MR) is 57.1 cm³/mol. The van der Waals surface area contributed by atoms with E-state index in [4.69, 9.17) is 5.73 Å². The number of carbonyl (C=O) groups is 1. The highest BCUT2D eigenvalue weighted by Gasteiger charge is 2.09. The minimum absolute atomic E-state index is 0.0808. The number of carbonyl (C=O) groups excluding carboxylic acids is 1. The van der Waals surface area contributed by atoms with Crippen LogP contribution in [0.4, 0.5) is 0 Å². The summed E-state index contributed by atoms with van der Waals surface area (Å²) in [6.45, 7) is 2.50. The zero-order valence-corrected chi connectivity index (χ0v) is 9.01. The molecule has 14 heavy (non-hydrogen) atoms. The first-order valence-electron chi connectivity index (χ1n) is 4.64. The first-order chi connectivity index (χ1) is 6.74. The molecule has 3 N–H and O–H groups in total. The summed E-state index contributed by atoms with van der Waals surface area (Å²) in [6, 6.07) is -0.384. The molecule has 0 aliphatic carbocycles. The topological polar surface area (TPSA) is 68.0 Å². The molecule has 1 aromatic heterocycles. The second-order valence-corrected chi connectivity index (χ2v) is 3.75. The van der Waals surface area contributed by atoms with Crippen LogP contribution in [0.3, 0.4) is 0 Å². The highest BCUT2D eigenvalue weighted by atomic mass is 32.1. The Bertz CT molecular complexity index is 274. The minimum Gasteiger partial charge on any atom is -0.354 e. The Morgan fingerprint density at radius 3 is 3.14 bits per heavy atom. The van der Waals surface area contributed by atoms with Crippen molar-refractivity contribution in [1.29, 1.82) is 0 Å². The van der Waals surface area contributed by atoms with E-state index in [-0.39, 0.29) is 11.9 Å². The van der Waals surface area contributed by atoms with Crippen molar-refractivity contribution in [3.8, 4) is 0 Å². The summed E-state index contributed by atoms with van der Waals surface area (Å²) < 4.78 is 0. The van der Waals surface area contributed by atoms with Crippen LogP contribution >= 0.6 is 11.3 Å². The largest absolute Gasteiger partial charge is 0.354 e. The van der Waals surface area contributed by atoms with Gasteiger partial charge in [0.05, 0.1) is 17.2 Å². The molecule has 0 aliphatic heterocycles. The van der Waals surface area contributed by atoms with Crippen LogP contribution < -0.4 is 11.1 Å². The number of aromatic nitrogens is 1. The molecule has 0 radical (unpaired) electrons. The lowest BCUT2D eigenvalue weighted by Gasteiger charge is -2.08. The summed E-state index contributed by atoms with van der Waals surface area (Å²) in [7, 11) is 0. The van der Waals surface area contributed by atoms with Gasteiger partial charge in [0, 0.05) is 18.3 Å². The summed E-state index contributed by atoms with van der Waals surface area (Å²) in [5.74, 6) is -0.0808. The van der Waals surface area contributed by atoms with E-state index >= 15 is 0 Å². The summed E-state index contributed by atoms with van der Waals surface area (Å²) in [5.41, 5.74) is 8.35. The molecule has 1 rings (SSSR count). The average Bonchev–Trinajstić information content (AvgIpc) is 2.69. The van der Waals surface area contributed by atoms with E-state index in [1.807, 2.05) is 12.3 Å². The Hall–Kier alpha value is -0.940. The third kappa shape index (κ3) is 3.43. The molecule has 0 saturated heterocycles. The molecule has 0 fully saturated rings. The fourth-order valence-electron chi connectivity index (χ4n) is 0.991. The van der Waals surface area contributed by atoms with Gasteiger partial charge in [-0.25, -0.2) is 4.98 Å². The normalized spacial score (nSPS) is 12.4. The van der Waals surface area contributed by atoms with Crippen molar-refractivity contribution >= 4 is 17.2 Å². The van der Waals surface area contributed by atoms with Crippen LogP contribution in [0.5, 0.6) is 0 Å². The highest BCUT2D eigenvalue weighted by Crippen LogP contribution is 2.00. The van der Waals surface area contributed by atoms with Gasteiger partial charge in [0.15, 0.2) is 0 Å². The van der Waals surface area contributed by atoms with Crippen molar-refractivity contribution in [2.75, 3.05) is 6.54 Å². The SMILES string of the molecule is CC[C@H](N)C(=O)NCCc1cscn1. The van der Waals surface area contributed by atoms with Crippen molar-refractivity contribution in [1.82, 2.24) is 10.3 Å². The Kier molecular flexibility index (Phi) is 4.55. The second kappa shape index (κ2) is 5.72. The fourth-order valence-corrected chi connectivity index (χ4v) is 1.58. The van der Waals surface area contributed by atoms with E-state index in [0.29, 0.717) is 13.0 Å². The molecule has 0 saturated carbocycles. The van der Waals surface area contributed by atoms with E-state index in [2.05, 4.69) is 10.3 Å². The van der Waals surface area contributed by atoms with Crippen LogP contribution in [0.15, 0.2) is 10.9 Å². The number of nitrogens with two attached hydrogens (primary N) is 1. The number of hydrogen-bond donors (Lipinski definition) is 2. The third-order valence-corrected chi connectivity index (χ3v) is 2.58. The maximum absolute atomic E-state index is 11.2. The summed E-state index contributed by atoms with van der Waals surface area (Å²) in [5, 5.41) is 4.75. The lowest BCUT2D eigenvalue weighted by atomic mass is 10.2. The standard InChI is InChI=1S/C9H15N3OS/c1-2-8(10)9(13)11-4-3-7-5-14-6-12-7/h5-6,8H,2-4,10H2,1H3,(H,11,13)/t8-/m0/s1. The average molecular weight is 213 g/mol. The number of rotatable bonds is 5. The number of hydrogen-bond acceptors (Lipinski definition) is 4. The summed E-state index contributed by atoms with van der Waals surface area (Å²) in [4.78, 5) is 15.4. The Morgan fingerprint density at radius 2 is 2.57 bits per heavy atom. The number of nitrogens with zero attached hydrogens (tertiary/aromatic N) is 1. The molecule has 1 atom stereocenters. The van der Waals surface area contributed by atoms with Crippen molar-refractivity contribution in [2.45, 2.75) is 25.8 Å². The monoisotopic (exact) mass is 213 g/mol. The van der Waals surface area contributed by atoms with Gasteiger partial charge in [-0.3, -0.25) is 4.79 Å². The van der Waals surface area contributed by atoms with Gasteiger partial charge in [0.1, 0.15) is 0 Å². The molecule has 5 heteroatoms. The van der Waals surface area contributed by atoms with Crippen molar-refractivity contribution in [2.24, 2.45) is 5.73 Å². The minimum atomic E-state index is -0.384. The molecule has 0 unspecified atom stereocenters. The fraction of sp³-hybridized carbons (Fsp3) is 0.556. The first kappa shape index (κ1) is 11.1. The Balaban J connectivity index is 2.18. The predicted octanol–water partition coefficient (Wildman–Crippen LogP) is 0.539. The van der Waals surface area contributed by atoms with Gasteiger partial charge in [-0.15, -0.1) is 11.3 Å². The van der Waals surface area contributed by atoms with Gasteiger partial charge in [-0.1, -0.05) is 6.92 Å². The van der Waals surface area contributed by atoms with Gasteiger partial charge in [0.25, 0.3) is 0 Å². The van der Waals surface area contributed by atoms with Crippen LogP contribution in [0.2, 0.25) is 0 Å². The van der Waals surface area contributed by atoms with Gasteiger partial charge in [-0.05, 0) is 6.42 Å². The molecule has 0 bridgehead atoms. The van der Waals surface area contributed by atoms with E-state index in [0.717, 1.165) is 12.1 Å². The molecule has 1 amide bonds. The first-order valence-corrected chi connectivity index (χ1v) is 5.58. The molecule has 78 valence electrons. The van der Waals surface area contributed by atoms with Crippen molar-refractivity contribution in [3.05, 3.63) is 16.6 Å². The van der Waals surface area contributed by atoms with Gasteiger partial charge >= 0.3 is 0 Å². The van der Waals surface area contributed by atoms with Gasteiger partial charge < -0.3 is 11.1 Å². The Labute approximate surface area is 87.5 Å². The summed E-state index contributed by atoms with van der Waals surface area (Å²) in [6.07, 6.45) is 1.44. The van der Waals surface area contributed by atoms with E-state index in [9.17, 15) is 4.79 Å². The van der Waals surface area contributed by atoms with E-state index < -0.39 is 0 Å². The smallest absolute Gasteiger partial charge is 0.236 e. The number of amides is 1. The molecule has 1 aromatic rings. The zero-order chi connectivity index (χ0) is 10.4. The van der Waals surface area contributed by atoms with Gasteiger partial charge in [-0.2, -0.15) is 0 Å². The molecule has 0 aromatic carbocycles. The van der Waals surface area contributed by atoms with Gasteiger partial charge in [0.2, 0.25) is 5.91 Å². The third-order valence-electron chi connectivity index (χ3n) is 1.94. The van der Waals surface area contributed by atoms with Crippen LogP contribution in [0.25, 0.3) is 0 Å². The summed E-state index contributed by atoms with van der Waals surface area (Å²) >= 11 is 1.56. The van der Waals surface area contributed by atoms with Crippen LogP contribution in [0, 0.1) is 0 Å². The second-order valence-electron chi connectivity index (χ2n) is 3.04. The van der Waals surface area contributed by atoms with Crippen molar-refractivity contribution < 1.29 is 4.79 Å². The quantitative estimate of drug-likeness (QED) is 0.750. The molecule has 0 spiro atoms. The molecule has 0 aliphatic rings. The molecule has 4 nitrogen and oxygen atoms in total. The maximum Gasteiger partial charge on any atom is 0.236 e. The number of nitrogens with one attached hydrogen (secondary N) is 1. The molecular formula is C9H15N3OS. The lowest BCUT2D eigenvalue weighted by Crippen LogP contribution is -2.40. The van der Waals surface area contributed by atoms with Crippen molar-refractivity contribution in [3.63, 3.8) is 0 Å². The van der Waals surface area contributed by atoms with E-state index in [1.54, 1.807) is 16.8 Å². The van der Waals surface area contributed by atoms with Crippen LogP contribution in [-0.2, 0) is 11.2 Å². The van der Waals surface area contributed by atoms with E-state index in [1.165, 1.54) is 0 Å². The molecular weight excluding hydrogens is 198 g/mol. The number of thiazole rings is 1. The molecule has 1 heterocycles. The van der Waals surface area contributed by atoms with Crippen LogP contribution in [-0.4, -0.2) is 23.5 Å². The lowest BCUT2D eigenvalue weighted by molar-refractivity contribution is -0.122. The Morgan fingerprint density at radius 1 is 1.79 bits per heavy atom. The zero-order valence-electron chi connectivity index (χ0n) is 8.19. The highest BCUT2D eigenvalue weighted by molar-refractivity contribution is 7.07.